The topological polar surface area (TPSA) is 110 Å². The number of nitrogens with zero attached hydrogens (tertiary/aromatic N) is 3. The quantitative estimate of drug-likeness (QED) is 0.586. The second-order valence-corrected chi connectivity index (χ2v) is 10.1. The summed E-state index contributed by atoms with van der Waals surface area (Å²) in [6, 6.07) is 1.78. The lowest BCUT2D eigenvalue weighted by Crippen LogP contribution is -2.48. The summed E-state index contributed by atoms with van der Waals surface area (Å²) in [5, 5.41) is 3.12. The van der Waals surface area contributed by atoms with Gasteiger partial charge in [0.25, 0.3) is 11.8 Å². The average Bonchev–Trinajstić information content (AvgIpc) is 3.37. The fraction of sp³-hybridized carbons (Fsp3) is 0.696. The number of nitrogens with one attached hydrogen (secondary N) is 1. The number of hydrogen-bond acceptors (Lipinski definition) is 7. The van der Waals surface area contributed by atoms with Crippen LogP contribution in [0.25, 0.3) is 0 Å². The van der Waals surface area contributed by atoms with Crippen molar-refractivity contribution >= 4 is 33.6 Å². The Morgan fingerprint density at radius 3 is 2.58 bits per heavy atom. The SMILES string of the molecule is COc1nc(N)c(Br)cc1C(=O)NC1CCN(CC2CCN(C(=O)C3CCCO3)CC2)CC1. The van der Waals surface area contributed by atoms with Crippen molar-refractivity contribution in [2.45, 2.75) is 50.7 Å². The number of nitrogen functional groups attached to an aromatic ring is 1. The molecule has 3 aliphatic heterocycles. The molecule has 1 atom stereocenters. The van der Waals surface area contributed by atoms with Crippen LogP contribution in [0.4, 0.5) is 5.82 Å². The Hall–Kier alpha value is -1.91. The molecule has 1 aromatic rings. The van der Waals surface area contributed by atoms with E-state index >= 15 is 0 Å². The number of anilines is 1. The Morgan fingerprint density at radius 2 is 1.94 bits per heavy atom. The molecule has 33 heavy (non-hydrogen) atoms. The molecule has 0 radical (unpaired) electrons. The van der Waals surface area contributed by atoms with E-state index < -0.39 is 0 Å². The van der Waals surface area contributed by atoms with Gasteiger partial charge in [0.1, 0.15) is 17.5 Å². The Kier molecular flexibility index (Phi) is 8.08. The fourth-order valence-corrected chi connectivity index (χ4v) is 5.32. The number of ether oxygens (including phenoxy) is 2. The number of aromatic nitrogens is 1. The minimum atomic E-state index is -0.208. The third-order valence-electron chi connectivity index (χ3n) is 6.98. The van der Waals surface area contributed by atoms with E-state index in [1.54, 1.807) is 6.07 Å². The van der Waals surface area contributed by atoms with Crippen LogP contribution in [0.2, 0.25) is 0 Å². The number of likely N-dealkylation sites (tertiary alicyclic amines) is 2. The third kappa shape index (κ3) is 5.96. The van der Waals surface area contributed by atoms with Crippen molar-refractivity contribution in [3.8, 4) is 5.88 Å². The van der Waals surface area contributed by atoms with Gasteiger partial charge in [-0.05, 0) is 66.4 Å². The second-order valence-electron chi connectivity index (χ2n) is 9.23. The molecule has 0 aliphatic carbocycles. The Balaban J connectivity index is 1.19. The molecule has 0 aromatic carbocycles. The molecule has 9 nitrogen and oxygen atoms in total. The predicted octanol–water partition coefficient (Wildman–Crippen LogP) is 2.05. The summed E-state index contributed by atoms with van der Waals surface area (Å²) in [7, 11) is 1.48. The molecule has 4 rings (SSSR count). The molecule has 1 aromatic heterocycles. The van der Waals surface area contributed by atoms with Gasteiger partial charge >= 0.3 is 0 Å². The lowest BCUT2D eigenvalue weighted by atomic mass is 9.94. The Morgan fingerprint density at radius 1 is 1.21 bits per heavy atom. The maximum absolute atomic E-state index is 12.8. The van der Waals surface area contributed by atoms with E-state index in [4.69, 9.17) is 15.2 Å². The van der Waals surface area contributed by atoms with Gasteiger partial charge in [0.2, 0.25) is 5.88 Å². The lowest BCUT2D eigenvalue weighted by molar-refractivity contribution is -0.142. The average molecular weight is 524 g/mol. The molecule has 0 bridgehead atoms. The number of halogens is 1. The van der Waals surface area contributed by atoms with Gasteiger partial charge in [-0.1, -0.05) is 0 Å². The van der Waals surface area contributed by atoms with Crippen LogP contribution in [0.5, 0.6) is 5.88 Å². The van der Waals surface area contributed by atoms with Crippen molar-refractivity contribution in [3.63, 3.8) is 0 Å². The molecule has 3 saturated heterocycles. The summed E-state index contributed by atoms with van der Waals surface area (Å²) >= 11 is 3.33. The molecule has 3 N–H and O–H groups in total. The van der Waals surface area contributed by atoms with E-state index in [1.807, 2.05) is 4.90 Å². The molecule has 3 aliphatic rings. The van der Waals surface area contributed by atoms with Crippen LogP contribution in [0.3, 0.4) is 0 Å². The molecule has 4 heterocycles. The number of rotatable bonds is 6. The van der Waals surface area contributed by atoms with Gasteiger partial charge in [-0.2, -0.15) is 4.98 Å². The highest BCUT2D eigenvalue weighted by Gasteiger charge is 2.32. The smallest absolute Gasteiger partial charge is 0.257 e. The number of carbonyl (C=O) groups excluding carboxylic acids is 2. The minimum Gasteiger partial charge on any atom is -0.480 e. The minimum absolute atomic E-state index is 0.126. The summed E-state index contributed by atoms with van der Waals surface area (Å²) in [5.41, 5.74) is 6.17. The number of piperidine rings is 2. The summed E-state index contributed by atoms with van der Waals surface area (Å²) in [5.74, 6) is 1.13. The molecule has 10 heteroatoms. The van der Waals surface area contributed by atoms with Crippen molar-refractivity contribution in [2.24, 2.45) is 5.92 Å². The maximum Gasteiger partial charge on any atom is 0.257 e. The van der Waals surface area contributed by atoms with E-state index in [9.17, 15) is 9.59 Å². The molecular formula is C23H34BrN5O4. The number of amides is 2. The molecule has 1 unspecified atom stereocenters. The van der Waals surface area contributed by atoms with Crippen molar-refractivity contribution < 1.29 is 19.1 Å². The van der Waals surface area contributed by atoms with Crippen LogP contribution in [0.1, 0.15) is 48.9 Å². The number of carbonyl (C=O) groups is 2. The van der Waals surface area contributed by atoms with E-state index in [0.29, 0.717) is 28.4 Å². The first-order chi connectivity index (χ1) is 15.9. The molecule has 182 valence electrons. The van der Waals surface area contributed by atoms with Gasteiger partial charge < -0.3 is 30.3 Å². The molecule has 0 saturated carbocycles. The third-order valence-corrected chi connectivity index (χ3v) is 7.61. The van der Waals surface area contributed by atoms with Gasteiger partial charge in [-0.25, -0.2) is 0 Å². The zero-order chi connectivity index (χ0) is 23.4. The summed E-state index contributed by atoms with van der Waals surface area (Å²) in [6.45, 7) is 5.37. The summed E-state index contributed by atoms with van der Waals surface area (Å²) in [6.07, 6.45) is 5.57. The highest BCUT2D eigenvalue weighted by Crippen LogP contribution is 2.26. The molecular weight excluding hydrogens is 490 g/mol. The van der Waals surface area contributed by atoms with E-state index in [2.05, 4.69) is 31.1 Å². The maximum atomic E-state index is 12.8. The van der Waals surface area contributed by atoms with E-state index in [0.717, 1.165) is 71.2 Å². The number of methoxy groups -OCH3 is 1. The predicted molar refractivity (Wildman–Crippen MR) is 128 cm³/mol. The lowest BCUT2D eigenvalue weighted by Gasteiger charge is -2.38. The Labute approximate surface area is 203 Å². The molecule has 0 spiro atoms. The number of hydrogen-bond donors (Lipinski definition) is 2. The van der Waals surface area contributed by atoms with Crippen molar-refractivity contribution in [1.82, 2.24) is 20.1 Å². The van der Waals surface area contributed by atoms with Gasteiger partial charge in [-0.15, -0.1) is 0 Å². The van der Waals surface area contributed by atoms with Crippen molar-refractivity contribution in [3.05, 3.63) is 16.1 Å². The first-order valence-corrected chi connectivity index (χ1v) is 12.7. The van der Waals surface area contributed by atoms with Gasteiger partial charge in [-0.3, -0.25) is 9.59 Å². The van der Waals surface area contributed by atoms with Gasteiger partial charge in [0.05, 0.1) is 11.6 Å². The highest BCUT2D eigenvalue weighted by molar-refractivity contribution is 9.10. The highest BCUT2D eigenvalue weighted by atomic mass is 79.9. The fourth-order valence-electron chi connectivity index (χ4n) is 5.00. The van der Waals surface area contributed by atoms with Crippen LogP contribution < -0.4 is 15.8 Å². The molecule has 3 fully saturated rings. The first-order valence-electron chi connectivity index (χ1n) is 11.9. The van der Waals surface area contributed by atoms with Crippen LogP contribution in [0, 0.1) is 5.92 Å². The number of pyridine rings is 1. The van der Waals surface area contributed by atoms with Crippen LogP contribution in [-0.2, 0) is 9.53 Å². The zero-order valence-corrected chi connectivity index (χ0v) is 20.8. The number of nitrogens with two attached hydrogens (primary N) is 1. The largest absolute Gasteiger partial charge is 0.480 e. The van der Waals surface area contributed by atoms with E-state index in [-0.39, 0.29) is 29.8 Å². The second kappa shape index (κ2) is 11.0. The van der Waals surface area contributed by atoms with Crippen molar-refractivity contribution in [1.29, 1.82) is 0 Å². The Bertz CT molecular complexity index is 847. The normalized spacial score (nSPS) is 23.0. The van der Waals surface area contributed by atoms with Gasteiger partial charge in [0, 0.05) is 45.4 Å². The zero-order valence-electron chi connectivity index (χ0n) is 19.2. The van der Waals surface area contributed by atoms with Crippen molar-refractivity contribution in [2.75, 3.05) is 52.2 Å². The van der Waals surface area contributed by atoms with Crippen LogP contribution in [-0.4, -0.2) is 85.2 Å². The molecule has 2 amide bonds. The summed E-state index contributed by atoms with van der Waals surface area (Å²) in [4.78, 5) is 33.9. The summed E-state index contributed by atoms with van der Waals surface area (Å²) < 4.78 is 11.4. The van der Waals surface area contributed by atoms with Crippen LogP contribution in [0.15, 0.2) is 10.5 Å². The standard InChI is InChI=1S/C23H34BrN5O4/c1-32-22-17(13-18(24)20(25)27-22)21(30)26-16-6-8-28(9-7-16)14-15-4-10-29(11-5-15)23(31)19-3-2-12-33-19/h13,15-16,19H,2-12,14H2,1H3,(H2,25,27)(H,26,30). The monoisotopic (exact) mass is 523 g/mol. The van der Waals surface area contributed by atoms with E-state index in [1.165, 1.54) is 7.11 Å². The van der Waals surface area contributed by atoms with Gasteiger partial charge in [0.15, 0.2) is 0 Å². The van der Waals surface area contributed by atoms with Crippen LogP contribution >= 0.6 is 15.9 Å². The first kappa shape index (κ1) is 24.2.